The van der Waals surface area contributed by atoms with Crippen LogP contribution in [0.2, 0.25) is 0 Å². The van der Waals surface area contributed by atoms with Crippen molar-refractivity contribution in [2.24, 2.45) is 15.7 Å². The van der Waals surface area contributed by atoms with Gasteiger partial charge < -0.3 is 16.4 Å². The highest BCUT2D eigenvalue weighted by Gasteiger charge is 2.28. The van der Waals surface area contributed by atoms with Crippen LogP contribution < -0.4 is 21.7 Å². The third-order valence-electron chi connectivity index (χ3n) is 4.16. The van der Waals surface area contributed by atoms with Gasteiger partial charge in [-0.15, -0.1) is 0 Å². The minimum atomic E-state index is -0.838. The van der Waals surface area contributed by atoms with E-state index < -0.39 is 6.04 Å². The van der Waals surface area contributed by atoms with Gasteiger partial charge in [-0.3, -0.25) is 14.9 Å². The standard InChI is InChI=1S/C20H22N6O2/c1-12-7-9-14(10-8-12)22-19(21)26-20-24-16(18(28)25-20)11-17(27)23-15-6-4-3-5-13(15)2/h3-10,16H,11H2,1-2H3,(H,23,27)(H4,21,22,24,25,26,28)/t16-/m0/s1. The van der Waals surface area contributed by atoms with Gasteiger partial charge in [0.15, 0.2) is 0 Å². The van der Waals surface area contributed by atoms with Gasteiger partial charge in [0.05, 0.1) is 6.42 Å². The number of carbonyl (C=O) groups is 2. The van der Waals surface area contributed by atoms with E-state index in [1.807, 2.05) is 56.3 Å². The van der Waals surface area contributed by atoms with Gasteiger partial charge in [-0.2, -0.15) is 4.99 Å². The maximum atomic E-state index is 12.2. The van der Waals surface area contributed by atoms with Crippen LogP contribution in [0.15, 0.2) is 58.5 Å². The first-order valence-electron chi connectivity index (χ1n) is 8.83. The molecular weight excluding hydrogens is 356 g/mol. The molecule has 3 rings (SSSR count). The molecule has 8 nitrogen and oxygen atoms in total. The summed E-state index contributed by atoms with van der Waals surface area (Å²) in [5, 5.41) is 8.25. The number of carbonyl (C=O) groups excluding carboxylic acids is 2. The van der Waals surface area contributed by atoms with E-state index in [9.17, 15) is 9.59 Å². The van der Waals surface area contributed by atoms with Crippen molar-refractivity contribution >= 4 is 35.1 Å². The van der Waals surface area contributed by atoms with E-state index in [1.165, 1.54) is 0 Å². The molecule has 0 spiro atoms. The number of hydrogen-bond acceptors (Lipinski definition) is 4. The Morgan fingerprint density at radius 1 is 1.14 bits per heavy atom. The smallest absolute Gasteiger partial charge is 0.252 e. The van der Waals surface area contributed by atoms with Crippen molar-refractivity contribution in [3.8, 4) is 0 Å². The fraction of sp³-hybridized carbons (Fsp3) is 0.200. The lowest BCUT2D eigenvalue weighted by atomic mass is 10.1. The highest BCUT2D eigenvalue weighted by Crippen LogP contribution is 2.15. The Hall–Kier alpha value is -3.68. The molecule has 0 aliphatic carbocycles. The molecule has 28 heavy (non-hydrogen) atoms. The Balaban J connectivity index is 1.61. The number of aliphatic imine (C=N–C) groups is 2. The van der Waals surface area contributed by atoms with Gasteiger partial charge in [-0.25, -0.2) is 4.99 Å². The van der Waals surface area contributed by atoms with E-state index in [-0.39, 0.29) is 30.2 Å². The molecule has 2 amide bonds. The molecule has 0 saturated carbocycles. The van der Waals surface area contributed by atoms with Crippen LogP contribution >= 0.6 is 0 Å². The van der Waals surface area contributed by atoms with Gasteiger partial charge >= 0.3 is 0 Å². The molecule has 0 aromatic heterocycles. The van der Waals surface area contributed by atoms with Gasteiger partial charge in [0.25, 0.3) is 5.91 Å². The van der Waals surface area contributed by atoms with Crippen LogP contribution in [0.4, 0.5) is 11.4 Å². The van der Waals surface area contributed by atoms with Gasteiger partial charge in [-0.1, -0.05) is 35.9 Å². The van der Waals surface area contributed by atoms with Crippen molar-refractivity contribution in [1.29, 1.82) is 0 Å². The van der Waals surface area contributed by atoms with Crippen LogP contribution in [0.5, 0.6) is 0 Å². The van der Waals surface area contributed by atoms with Crippen molar-refractivity contribution in [1.82, 2.24) is 5.32 Å². The van der Waals surface area contributed by atoms with Crippen molar-refractivity contribution in [2.75, 3.05) is 10.6 Å². The van der Waals surface area contributed by atoms with E-state index >= 15 is 0 Å². The Morgan fingerprint density at radius 2 is 1.86 bits per heavy atom. The molecule has 0 bridgehead atoms. The van der Waals surface area contributed by atoms with E-state index in [0.717, 1.165) is 16.8 Å². The summed E-state index contributed by atoms with van der Waals surface area (Å²) in [7, 11) is 0. The summed E-state index contributed by atoms with van der Waals surface area (Å²) < 4.78 is 0. The normalized spacial score (nSPS) is 16.4. The summed E-state index contributed by atoms with van der Waals surface area (Å²) in [5.41, 5.74) is 9.40. The first kappa shape index (κ1) is 19.1. The fourth-order valence-electron chi connectivity index (χ4n) is 2.64. The maximum Gasteiger partial charge on any atom is 0.252 e. The zero-order valence-electron chi connectivity index (χ0n) is 15.7. The number of benzene rings is 2. The minimum absolute atomic E-state index is 0.0789. The molecule has 2 aromatic carbocycles. The summed E-state index contributed by atoms with van der Waals surface area (Å²) in [6, 6.07) is 14.2. The molecule has 1 atom stereocenters. The molecule has 0 radical (unpaired) electrons. The lowest BCUT2D eigenvalue weighted by Gasteiger charge is -2.09. The molecule has 1 aliphatic heterocycles. The third kappa shape index (κ3) is 4.94. The zero-order chi connectivity index (χ0) is 20.1. The highest BCUT2D eigenvalue weighted by molar-refractivity contribution is 6.11. The maximum absolute atomic E-state index is 12.2. The van der Waals surface area contributed by atoms with E-state index in [4.69, 9.17) is 5.73 Å². The number of anilines is 2. The molecule has 0 fully saturated rings. The van der Waals surface area contributed by atoms with Crippen molar-refractivity contribution in [3.05, 3.63) is 59.7 Å². The molecular formula is C20H22N6O2. The van der Waals surface area contributed by atoms with Crippen LogP contribution in [0, 0.1) is 13.8 Å². The first-order chi connectivity index (χ1) is 13.4. The van der Waals surface area contributed by atoms with Gasteiger partial charge in [0.1, 0.15) is 6.04 Å². The summed E-state index contributed by atoms with van der Waals surface area (Å²) in [6.45, 7) is 3.88. The van der Waals surface area contributed by atoms with Gasteiger partial charge in [0, 0.05) is 11.4 Å². The number of hydrogen-bond donors (Lipinski definition) is 4. The van der Waals surface area contributed by atoms with Gasteiger partial charge in [0.2, 0.25) is 17.8 Å². The Bertz CT molecular complexity index is 949. The predicted molar refractivity (Wildman–Crippen MR) is 110 cm³/mol. The van der Waals surface area contributed by atoms with Crippen LogP contribution in [0.1, 0.15) is 17.5 Å². The lowest BCUT2D eigenvalue weighted by molar-refractivity contribution is -0.123. The Labute approximate surface area is 163 Å². The number of guanidine groups is 2. The van der Waals surface area contributed by atoms with Crippen LogP contribution in [0.25, 0.3) is 0 Å². The van der Waals surface area contributed by atoms with Crippen LogP contribution in [0.3, 0.4) is 0 Å². The third-order valence-corrected chi connectivity index (χ3v) is 4.16. The molecule has 1 aliphatic rings. The topological polar surface area (TPSA) is 121 Å². The number of para-hydroxylation sites is 1. The largest absolute Gasteiger partial charge is 0.369 e. The second-order valence-electron chi connectivity index (χ2n) is 6.51. The molecule has 5 N–H and O–H groups in total. The van der Waals surface area contributed by atoms with E-state index in [0.29, 0.717) is 5.69 Å². The molecule has 144 valence electrons. The number of aryl methyl sites for hydroxylation is 2. The molecule has 8 heteroatoms. The second-order valence-corrected chi connectivity index (χ2v) is 6.51. The van der Waals surface area contributed by atoms with Crippen LogP contribution in [-0.4, -0.2) is 29.8 Å². The fourth-order valence-corrected chi connectivity index (χ4v) is 2.64. The average Bonchev–Trinajstić information content (AvgIpc) is 2.97. The number of nitrogens with one attached hydrogen (secondary N) is 3. The summed E-state index contributed by atoms with van der Waals surface area (Å²) in [4.78, 5) is 32.5. The van der Waals surface area contributed by atoms with E-state index in [2.05, 4.69) is 25.9 Å². The summed E-state index contributed by atoms with van der Waals surface area (Å²) >= 11 is 0. The molecule has 0 saturated heterocycles. The Morgan fingerprint density at radius 3 is 2.57 bits per heavy atom. The minimum Gasteiger partial charge on any atom is -0.369 e. The molecule has 1 heterocycles. The molecule has 0 unspecified atom stereocenters. The summed E-state index contributed by atoms with van der Waals surface area (Å²) in [6.07, 6.45) is -0.0789. The van der Waals surface area contributed by atoms with Gasteiger partial charge in [-0.05, 0) is 37.6 Å². The second kappa shape index (κ2) is 8.34. The Kier molecular flexibility index (Phi) is 5.69. The monoisotopic (exact) mass is 378 g/mol. The number of nitrogens with two attached hydrogens (primary N) is 1. The highest BCUT2D eigenvalue weighted by atomic mass is 16.2. The quantitative estimate of drug-likeness (QED) is 0.480. The first-order valence-corrected chi connectivity index (χ1v) is 8.83. The average molecular weight is 378 g/mol. The lowest BCUT2D eigenvalue weighted by Crippen LogP contribution is -2.32. The van der Waals surface area contributed by atoms with Crippen molar-refractivity contribution < 1.29 is 9.59 Å². The number of amides is 2. The SMILES string of the molecule is Cc1ccc(NC(N)=NC2=N[C@@H](CC(=O)Nc3ccccc3C)C(=O)N2)cc1. The number of nitrogens with zero attached hydrogens (tertiary/aromatic N) is 2. The van der Waals surface area contributed by atoms with Crippen molar-refractivity contribution in [3.63, 3.8) is 0 Å². The van der Waals surface area contributed by atoms with Crippen molar-refractivity contribution in [2.45, 2.75) is 26.3 Å². The zero-order valence-corrected chi connectivity index (χ0v) is 15.7. The van der Waals surface area contributed by atoms with E-state index in [1.54, 1.807) is 6.07 Å². The van der Waals surface area contributed by atoms with Crippen LogP contribution in [-0.2, 0) is 9.59 Å². The molecule has 2 aromatic rings. The summed E-state index contributed by atoms with van der Waals surface area (Å²) in [5.74, 6) is -0.514. The predicted octanol–water partition coefficient (Wildman–Crippen LogP) is 1.91. The number of rotatable bonds is 4.